The van der Waals surface area contributed by atoms with Gasteiger partial charge in [-0.1, -0.05) is 26.0 Å². The van der Waals surface area contributed by atoms with Crippen molar-refractivity contribution in [3.05, 3.63) is 54.1 Å². The molecule has 0 fully saturated rings. The quantitative estimate of drug-likeness (QED) is 0.786. The molecular formula is C17H21N3O3S. The van der Waals surface area contributed by atoms with Gasteiger partial charge in [-0.15, -0.1) is 0 Å². The third kappa shape index (κ3) is 3.74. The minimum atomic E-state index is -3.53. The normalized spacial score (nSPS) is 11.5. The van der Waals surface area contributed by atoms with Gasteiger partial charge < -0.3 is 11.1 Å². The first kappa shape index (κ1) is 18.0. The first-order chi connectivity index (χ1) is 11.4. The molecule has 0 radical (unpaired) electrons. The van der Waals surface area contributed by atoms with E-state index in [1.54, 1.807) is 38.1 Å². The number of hydrogen-bond acceptors (Lipinski definition) is 4. The topological polar surface area (TPSA) is 92.5 Å². The number of para-hydroxylation sites is 2. The molecule has 2 aromatic rings. The molecule has 0 bridgehead atoms. The predicted octanol–water partition coefficient (Wildman–Crippen LogP) is 2.55. The van der Waals surface area contributed by atoms with Crippen molar-refractivity contribution in [2.75, 3.05) is 24.1 Å². The summed E-state index contributed by atoms with van der Waals surface area (Å²) in [6.07, 6.45) is 0. The van der Waals surface area contributed by atoms with E-state index in [1.807, 2.05) is 0 Å². The average Bonchev–Trinajstić information content (AvgIpc) is 2.58. The van der Waals surface area contributed by atoms with Gasteiger partial charge in [-0.25, -0.2) is 8.42 Å². The van der Waals surface area contributed by atoms with Crippen molar-refractivity contribution < 1.29 is 13.2 Å². The van der Waals surface area contributed by atoms with E-state index in [2.05, 4.69) is 5.32 Å². The highest BCUT2D eigenvalue weighted by Crippen LogP contribution is 2.19. The summed E-state index contributed by atoms with van der Waals surface area (Å²) in [5, 5.41) is 2.71. The Labute approximate surface area is 142 Å². The summed E-state index contributed by atoms with van der Waals surface area (Å²) >= 11 is 0. The number of amides is 1. The van der Waals surface area contributed by atoms with E-state index >= 15 is 0 Å². The highest BCUT2D eigenvalue weighted by molar-refractivity contribution is 7.89. The zero-order valence-corrected chi connectivity index (χ0v) is 14.5. The number of rotatable bonds is 6. The molecular weight excluding hydrogens is 326 g/mol. The molecule has 7 heteroatoms. The molecule has 3 N–H and O–H groups in total. The molecule has 24 heavy (non-hydrogen) atoms. The Morgan fingerprint density at radius 3 is 2.17 bits per heavy atom. The van der Waals surface area contributed by atoms with Crippen LogP contribution in [0, 0.1) is 0 Å². The van der Waals surface area contributed by atoms with Gasteiger partial charge in [0.25, 0.3) is 5.91 Å². The molecule has 0 aliphatic carbocycles. The van der Waals surface area contributed by atoms with Gasteiger partial charge in [-0.05, 0) is 36.4 Å². The number of hydrogen-bond donors (Lipinski definition) is 2. The zero-order chi connectivity index (χ0) is 17.7. The fourth-order valence-corrected chi connectivity index (χ4v) is 3.75. The Balaban J connectivity index is 2.20. The maximum atomic E-state index is 12.4. The van der Waals surface area contributed by atoms with Gasteiger partial charge in [0, 0.05) is 18.7 Å². The van der Waals surface area contributed by atoms with Gasteiger partial charge in [0.15, 0.2) is 0 Å². The number of carbonyl (C=O) groups excluding carboxylic acids is 1. The molecule has 6 nitrogen and oxygen atoms in total. The van der Waals surface area contributed by atoms with Crippen molar-refractivity contribution in [3.63, 3.8) is 0 Å². The fraction of sp³-hybridized carbons (Fsp3) is 0.235. The van der Waals surface area contributed by atoms with Crippen LogP contribution in [0.15, 0.2) is 53.4 Å². The third-order valence-electron chi connectivity index (χ3n) is 3.67. The monoisotopic (exact) mass is 347 g/mol. The van der Waals surface area contributed by atoms with E-state index in [4.69, 9.17) is 5.73 Å². The summed E-state index contributed by atoms with van der Waals surface area (Å²) in [6.45, 7) is 4.36. The number of sulfonamides is 1. The van der Waals surface area contributed by atoms with Crippen LogP contribution in [-0.2, 0) is 10.0 Å². The lowest BCUT2D eigenvalue weighted by Crippen LogP contribution is -2.30. The summed E-state index contributed by atoms with van der Waals surface area (Å²) in [6, 6.07) is 12.8. The lowest BCUT2D eigenvalue weighted by Gasteiger charge is -2.18. The van der Waals surface area contributed by atoms with E-state index in [0.29, 0.717) is 30.0 Å². The van der Waals surface area contributed by atoms with Crippen LogP contribution in [-0.4, -0.2) is 31.7 Å². The van der Waals surface area contributed by atoms with Crippen LogP contribution in [0.1, 0.15) is 24.2 Å². The van der Waals surface area contributed by atoms with Crippen molar-refractivity contribution >= 4 is 27.3 Å². The van der Waals surface area contributed by atoms with Crippen LogP contribution in [0.4, 0.5) is 11.4 Å². The van der Waals surface area contributed by atoms with Crippen molar-refractivity contribution in [1.82, 2.24) is 4.31 Å². The van der Waals surface area contributed by atoms with Crippen molar-refractivity contribution in [3.8, 4) is 0 Å². The molecule has 0 saturated heterocycles. The van der Waals surface area contributed by atoms with Crippen molar-refractivity contribution in [2.24, 2.45) is 0 Å². The SMILES string of the molecule is CCN(CC)S(=O)(=O)c1ccc(C(=O)Nc2ccccc2N)cc1. The molecule has 2 rings (SSSR count). The van der Waals surface area contributed by atoms with Gasteiger partial charge in [-0.2, -0.15) is 4.31 Å². The van der Waals surface area contributed by atoms with Crippen molar-refractivity contribution in [2.45, 2.75) is 18.7 Å². The predicted molar refractivity (Wildman–Crippen MR) is 95.4 cm³/mol. The maximum Gasteiger partial charge on any atom is 0.255 e. The average molecular weight is 347 g/mol. The van der Waals surface area contributed by atoms with Gasteiger partial charge in [-0.3, -0.25) is 4.79 Å². The molecule has 0 heterocycles. The Hall–Kier alpha value is -2.38. The number of nitrogens with two attached hydrogens (primary N) is 1. The van der Waals surface area contributed by atoms with E-state index in [1.165, 1.54) is 28.6 Å². The molecule has 0 aromatic heterocycles. The van der Waals surface area contributed by atoms with E-state index in [-0.39, 0.29) is 10.8 Å². The molecule has 0 saturated carbocycles. The van der Waals surface area contributed by atoms with Gasteiger partial charge in [0.2, 0.25) is 10.0 Å². The smallest absolute Gasteiger partial charge is 0.255 e. The van der Waals surface area contributed by atoms with E-state index in [0.717, 1.165) is 0 Å². The number of anilines is 2. The van der Waals surface area contributed by atoms with Crippen LogP contribution in [0.5, 0.6) is 0 Å². The van der Waals surface area contributed by atoms with Crippen LogP contribution in [0.2, 0.25) is 0 Å². The molecule has 0 spiro atoms. The third-order valence-corrected chi connectivity index (χ3v) is 5.73. The standard InChI is InChI=1S/C17H21N3O3S/c1-3-20(4-2)24(22,23)14-11-9-13(10-12-14)17(21)19-16-8-6-5-7-15(16)18/h5-12H,3-4,18H2,1-2H3,(H,19,21). The largest absolute Gasteiger partial charge is 0.397 e. The molecule has 0 unspecified atom stereocenters. The van der Waals surface area contributed by atoms with Crippen LogP contribution < -0.4 is 11.1 Å². The Bertz CT molecular complexity index is 813. The minimum absolute atomic E-state index is 0.168. The first-order valence-corrected chi connectivity index (χ1v) is 9.10. The summed E-state index contributed by atoms with van der Waals surface area (Å²) < 4.78 is 26.2. The van der Waals surface area contributed by atoms with Gasteiger partial charge >= 0.3 is 0 Å². The minimum Gasteiger partial charge on any atom is -0.397 e. The van der Waals surface area contributed by atoms with E-state index < -0.39 is 10.0 Å². The highest BCUT2D eigenvalue weighted by Gasteiger charge is 2.21. The summed E-state index contributed by atoms with van der Waals surface area (Å²) in [5.41, 5.74) is 7.13. The highest BCUT2D eigenvalue weighted by atomic mass is 32.2. The molecule has 1 amide bonds. The zero-order valence-electron chi connectivity index (χ0n) is 13.7. The number of nitrogens with zero attached hydrogens (tertiary/aromatic N) is 1. The van der Waals surface area contributed by atoms with Gasteiger partial charge in [0.1, 0.15) is 0 Å². The van der Waals surface area contributed by atoms with Crippen molar-refractivity contribution in [1.29, 1.82) is 0 Å². The lowest BCUT2D eigenvalue weighted by molar-refractivity contribution is 0.102. The first-order valence-electron chi connectivity index (χ1n) is 7.66. The summed E-state index contributed by atoms with van der Waals surface area (Å²) in [5.74, 6) is -0.348. The van der Waals surface area contributed by atoms with Crippen LogP contribution >= 0.6 is 0 Å². The number of nitrogen functional groups attached to an aromatic ring is 1. The molecule has 128 valence electrons. The number of benzene rings is 2. The second-order valence-electron chi connectivity index (χ2n) is 5.16. The maximum absolute atomic E-state index is 12.4. The Kier molecular flexibility index (Phi) is 5.58. The Morgan fingerprint density at radius 1 is 1.04 bits per heavy atom. The molecule has 2 aromatic carbocycles. The molecule has 0 aliphatic heterocycles. The molecule has 0 atom stereocenters. The molecule has 0 aliphatic rings. The summed E-state index contributed by atoms with van der Waals surface area (Å²) in [4.78, 5) is 12.4. The lowest BCUT2D eigenvalue weighted by atomic mass is 10.2. The number of carbonyl (C=O) groups is 1. The second kappa shape index (κ2) is 7.46. The van der Waals surface area contributed by atoms with Crippen LogP contribution in [0.3, 0.4) is 0 Å². The second-order valence-corrected chi connectivity index (χ2v) is 7.09. The van der Waals surface area contributed by atoms with E-state index in [9.17, 15) is 13.2 Å². The fourth-order valence-electron chi connectivity index (χ4n) is 2.30. The van der Waals surface area contributed by atoms with Gasteiger partial charge in [0.05, 0.1) is 16.3 Å². The summed E-state index contributed by atoms with van der Waals surface area (Å²) in [7, 11) is -3.53. The van der Waals surface area contributed by atoms with Crippen LogP contribution in [0.25, 0.3) is 0 Å². The Morgan fingerprint density at radius 2 is 1.62 bits per heavy atom. The number of nitrogens with one attached hydrogen (secondary N) is 1.